The highest BCUT2D eigenvalue weighted by Crippen LogP contribution is 2.33. The molecule has 6 heteroatoms. The Morgan fingerprint density at radius 1 is 1.27 bits per heavy atom. The number of para-hydroxylation sites is 2. The molecule has 0 aliphatic heterocycles. The maximum Gasteiger partial charge on any atom is 0.307 e. The van der Waals surface area contributed by atoms with Crippen molar-refractivity contribution in [3.63, 3.8) is 0 Å². The van der Waals surface area contributed by atoms with Crippen LogP contribution >= 0.6 is 11.3 Å². The Morgan fingerprint density at radius 3 is 2.88 bits per heavy atom. The number of carboxylic acid groups (broad SMARTS) is 1. The van der Waals surface area contributed by atoms with Crippen LogP contribution in [0.15, 0.2) is 52.9 Å². The minimum atomic E-state index is -0.913. The van der Waals surface area contributed by atoms with Gasteiger partial charge in [0.25, 0.3) is 0 Å². The summed E-state index contributed by atoms with van der Waals surface area (Å²) in [6.07, 6.45) is 1.61. The van der Waals surface area contributed by atoms with Crippen LogP contribution in [0.2, 0.25) is 0 Å². The molecule has 2 aromatic carbocycles. The van der Waals surface area contributed by atoms with Crippen LogP contribution in [0, 0.1) is 0 Å². The summed E-state index contributed by atoms with van der Waals surface area (Å²) in [5.74, 6) is 0.297. The zero-order chi connectivity index (χ0) is 18.1. The first-order chi connectivity index (χ1) is 12.6. The number of carbonyl (C=O) groups is 1. The van der Waals surface area contributed by atoms with Gasteiger partial charge in [-0.3, -0.25) is 4.79 Å². The quantitative estimate of drug-likeness (QED) is 0.535. The predicted molar refractivity (Wildman–Crippen MR) is 103 cm³/mol. The molecule has 0 fully saturated rings. The maximum atomic E-state index is 11.3. The minimum absolute atomic E-state index is 0.131. The Bertz CT molecular complexity index is 1110. The molecule has 0 atom stereocenters. The number of furan rings is 1. The van der Waals surface area contributed by atoms with E-state index in [0.717, 1.165) is 15.6 Å². The maximum absolute atomic E-state index is 11.3. The number of fused-ring (bicyclic) bond motifs is 2. The first-order valence-electron chi connectivity index (χ1n) is 7.99. The van der Waals surface area contributed by atoms with Crippen LogP contribution in [-0.2, 0) is 4.79 Å². The summed E-state index contributed by atoms with van der Waals surface area (Å²) in [5.41, 5.74) is 2.10. The zero-order valence-corrected chi connectivity index (χ0v) is 14.7. The number of hydrogen-bond donors (Lipinski definition) is 1. The molecule has 0 amide bonds. The molecule has 5 nitrogen and oxygen atoms in total. The third-order valence-electron chi connectivity index (χ3n) is 3.97. The number of ether oxygens (including phenoxy) is 1. The Morgan fingerprint density at radius 2 is 2.12 bits per heavy atom. The largest absolute Gasteiger partial charge is 0.493 e. The van der Waals surface area contributed by atoms with E-state index in [4.69, 9.17) is 9.15 Å². The molecule has 0 spiro atoms. The first-order valence-corrected chi connectivity index (χ1v) is 8.80. The Kier molecular flexibility index (Phi) is 4.18. The summed E-state index contributed by atoms with van der Waals surface area (Å²) < 4.78 is 12.2. The molecular formula is C20H15NO4S. The topological polar surface area (TPSA) is 72.6 Å². The standard InChI is InChI=1S/C20H15NO4S/c1-24-16-7-4-5-12-9-14(25-19(12)16)10-13(11-18(22)23)20-21-15-6-2-3-8-17(15)26-20/h2-10H,11H2,1H3,(H,22,23). The molecule has 0 bridgehead atoms. The Labute approximate surface area is 153 Å². The molecule has 130 valence electrons. The normalized spacial score (nSPS) is 12.0. The number of benzene rings is 2. The van der Waals surface area contributed by atoms with Gasteiger partial charge in [-0.2, -0.15) is 0 Å². The molecule has 0 aliphatic rings. The van der Waals surface area contributed by atoms with Crippen molar-refractivity contribution in [1.29, 1.82) is 0 Å². The van der Waals surface area contributed by atoms with Gasteiger partial charge in [0.2, 0.25) is 0 Å². The van der Waals surface area contributed by atoms with Gasteiger partial charge < -0.3 is 14.3 Å². The van der Waals surface area contributed by atoms with Gasteiger partial charge >= 0.3 is 5.97 Å². The van der Waals surface area contributed by atoms with Crippen LogP contribution < -0.4 is 4.74 Å². The van der Waals surface area contributed by atoms with Gasteiger partial charge in [0, 0.05) is 11.0 Å². The molecule has 0 saturated heterocycles. The molecule has 4 rings (SSSR count). The van der Waals surface area contributed by atoms with Gasteiger partial charge in [0.1, 0.15) is 10.8 Å². The molecular weight excluding hydrogens is 350 g/mol. The van der Waals surface area contributed by atoms with E-state index in [-0.39, 0.29) is 6.42 Å². The van der Waals surface area contributed by atoms with Crippen molar-refractivity contribution < 1.29 is 19.1 Å². The molecule has 2 heterocycles. The lowest BCUT2D eigenvalue weighted by atomic mass is 10.1. The van der Waals surface area contributed by atoms with Crippen molar-refractivity contribution in [3.8, 4) is 5.75 Å². The van der Waals surface area contributed by atoms with E-state index in [9.17, 15) is 9.90 Å². The summed E-state index contributed by atoms with van der Waals surface area (Å²) >= 11 is 1.47. The van der Waals surface area contributed by atoms with Crippen molar-refractivity contribution in [2.45, 2.75) is 6.42 Å². The second-order valence-corrected chi connectivity index (χ2v) is 6.78. The van der Waals surface area contributed by atoms with E-state index in [0.29, 0.717) is 27.7 Å². The number of rotatable bonds is 5. The average molecular weight is 365 g/mol. The van der Waals surface area contributed by atoms with Crippen LogP contribution in [0.5, 0.6) is 5.75 Å². The summed E-state index contributed by atoms with van der Waals surface area (Å²) in [5, 5.41) is 10.9. The van der Waals surface area contributed by atoms with Gasteiger partial charge in [0.15, 0.2) is 11.3 Å². The average Bonchev–Trinajstić information content (AvgIpc) is 3.23. The van der Waals surface area contributed by atoms with E-state index < -0.39 is 5.97 Å². The van der Waals surface area contributed by atoms with Crippen molar-refractivity contribution in [2.75, 3.05) is 7.11 Å². The number of aromatic nitrogens is 1. The van der Waals surface area contributed by atoms with Crippen LogP contribution in [0.1, 0.15) is 17.2 Å². The summed E-state index contributed by atoms with van der Waals surface area (Å²) in [6, 6.07) is 15.2. The van der Waals surface area contributed by atoms with E-state index in [2.05, 4.69) is 4.98 Å². The molecule has 4 aromatic rings. The first kappa shape index (κ1) is 16.4. The fourth-order valence-corrected chi connectivity index (χ4v) is 3.80. The number of nitrogens with zero attached hydrogens (tertiary/aromatic N) is 1. The molecule has 0 saturated carbocycles. The van der Waals surface area contributed by atoms with Gasteiger partial charge in [-0.1, -0.05) is 24.3 Å². The van der Waals surface area contributed by atoms with Gasteiger partial charge in [-0.15, -0.1) is 11.3 Å². The Balaban J connectivity index is 1.82. The summed E-state index contributed by atoms with van der Waals surface area (Å²) in [6.45, 7) is 0. The molecule has 0 radical (unpaired) electrons. The number of carboxylic acids is 1. The number of aliphatic carboxylic acids is 1. The molecule has 2 aromatic heterocycles. The third-order valence-corrected chi connectivity index (χ3v) is 5.09. The van der Waals surface area contributed by atoms with Gasteiger partial charge in [0.05, 0.1) is 23.7 Å². The predicted octanol–water partition coefficient (Wildman–Crippen LogP) is 5.07. The van der Waals surface area contributed by atoms with E-state index in [1.807, 2.05) is 48.5 Å². The van der Waals surface area contributed by atoms with Crippen LogP contribution in [0.3, 0.4) is 0 Å². The van der Waals surface area contributed by atoms with Crippen LogP contribution in [0.25, 0.3) is 32.8 Å². The summed E-state index contributed by atoms with van der Waals surface area (Å²) in [4.78, 5) is 15.9. The number of thiazole rings is 1. The van der Waals surface area contributed by atoms with E-state index in [1.54, 1.807) is 13.2 Å². The molecule has 0 unspecified atom stereocenters. The minimum Gasteiger partial charge on any atom is -0.493 e. The lowest BCUT2D eigenvalue weighted by Gasteiger charge is -2.00. The van der Waals surface area contributed by atoms with Gasteiger partial charge in [-0.25, -0.2) is 4.98 Å². The fraction of sp³-hybridized carbons (Fsp3) is 0.100. The number of hydrogen-bond acceptors (Lipinski definition) is 5. The second kappa shape index (κ2) is 6.65. The van der Waals surface area contributed by atoms with Crippen molar-refractivity contribution in [3.05, 3.63) is 59.3 Å². The molecule has 1 N–H and O–H groups in total. The highest BCUT2D eigenvalue weighted by atomic mass is 32.1. The Hall–Kier alpha value is -3.12. The second-order valence-electron chi connectivity index (χ2n) is 5.75. The lowest BCUT2D eigenvalue weighted by molar-refractivity contribution is -0.135. The zero-order valence-electron chi connectivity index (χ0n) is 13.9. The number of methoxy groups -OCH3 is 1. The highest BCUT2D eigenvalue weighted by molar-refractivity contribution is 7.19. The monoisotopic (exact) mass is 365 g/mol. The fourth-order valence-electron chi connectivity index (χ4n) is 2.82. The van der Waals surface area contributed by atoms with Crippen molar-refractivity contribution in [1.82, 2.24) is 4.98 Å². The van der Waals surface area contributed by atoms with Crippen molar-refractivity contribution in [2.24, 2.45) is 0 Å². The van der Waals surface area contributed by atoms with Crippen LogP contribution in [-0.4, -0.2) is 23.2 Å². The third kappa shape index (κ3) is 3.07. The highest BCUT2D eigenvalue weighted by Gasteiger charge is 2.14. The van der Waals surface area contributed by atoms with E-state index >= 15 is 0 Å². The van der Waals surface area contributed by atoms with Crippen LogP contribution in [0.4, 0.5) is 0 Å². The molecule has 0 aliphatic carbocycles. The van der Waals surface area contributed by atoms with Gasteiger partial charge in [-0.05, 0) is 30.3 Å². The summed E-state index contributed by atoms with van der Waals surface area (Å²) in [7, 11) is 1.59. The SMILES string of the molecule is COc1cccc2cc(C=C(CC(=O)O)c3nc4ccccc4s3)oc12. The van der Waals surface area contributed by atoms with Crippen molar-refractivity contribution >= 4 is 50.1 Å². The molecule has 26 heavy (non-hydrogen) atoms. The smallest absolute Gasteiger partial charge is 0.307 e. The van der Waals surface area contributed by atoms with E-state index in [1.165, 1.54) is 11.3 Å². The lowest BCUT2D eigenvalue weighted by Crippen LogP contribution is -1.96.